The van der Waals surface area contributed by atoms with Crippen LogP contribution in [0.1, 0.15) is 29.6 Å². The smallest absolute Gasteiger partial charge is 0.308 e. The van der Waals surface area contributed by atoms with Crippen molar-refractivity contribution in [2.24, 2.45) is 5.92 Å². The number of rotatable bonds is 4. The molecule has 2 atom stereocenters. The number of hydrogen-bond donors (Lipinski definition) is 1. The molecule has 1 fully saturated rings. The molecule has 1 aliphatic carbocycles. The zero-order valence-corrected chi connectivity index (χ0v) is 11.7. The van der Waals surface area contributed by atoms with Crippen LogP contribution in [0, 0.1) is 27.7 Å². The minimum absolute atomic E-state index is 0.0715. The number of hydrogen-bond acceptors (Lipinski definition) is 3. The molecule has 2 unspecified atom stereocenters. The third kappa shape index (κ3) is 3.29. The summed E-state index contributed by atoms with van der Waals surface area (Å²) in [6.45, 7) is 0. The van der Waals surface area contributed by atoms with E-state index in [1.807, 2.05) is 0 Å². The fraction of sp³-hybridized carbons (Fsp3) is 0.462. The zero-order valence-electron chi connectivity index (χ0n) is 10.9. The van der Waals surface area contributed by atoms with E-state index >= 15 is 0 Å². The van der Waals surface area contributed by atoms with Crippen molar-refractivity contribution in [3.63, 3.8) is 0 Å². The lowest BCUT2D eigenvalue weighted by Crippen LogP contribution is -2.38. The van der Waals surface area contributed by atoms with Crippen molar-refractivity contribution in [2.75, 3.05) is 5.88 Å². The van der Waals surface area contributed by atoms with Gasteiger partial charge in [-0.2, -0.15) is 4.39 Å². The van der Waals surface area contributed by atoms with Crippen molar-refractivity contribution >= 4 is 23.2 Å². The molecule has 0 aromatic heterocycles. The van der Waals surface area contributed by atoms with Gasteiger partial charge < -0.3 is 5.32 Å². The molecular formula is C13H13ClF2N2O3. The van der Waals surface area contributed by atoms with Crippen molar-refractivity contribution in [3.8, 4) is 0 Å². The van der Waals surface area contributed by atoms with Crippen LogP contribution in [-0.4, -0.2) is 22.8 Å². The van der Waals surface area contributed by atoms with Gasteiger partial charge in [0, 0.05) is 11.9 Å². The van der Waals surface area contributed by atoms with Crippen LogP contribution in [0.25, 0.3) is 0 Å². The maximum atomic E-state index is 13.9. The molecule has 1 aromatic carbocycles. The predicted molar refractivity (Wildman–Crippen MR) is 72.3 cm³/mol. The summed E-state index contributed by atoms with van der Waals surface area (Å²) in [6, 6.07) is 0.877. The fourth-order valence-corrected chi connectivity index (χ4v) is 2.90. The summed E-state index contributed by atoms with van der Waals surface area (Å²) in [6.07, 6.45) is 2.43. The SMILES string of the molecule is O=C(NC1CCCC1CCl)c1cc(F)cc([N+](=O)[O-])c1F. The number of carbonyl (C=O) groups excluding carboxylic acids is 1. The first-order valence-corrected chi connectivity index (χ1v) is 6.97. The molecule has 0 spiro atoms. The molecule has 114 valence electrons. The van der Waals surface area contributed by atoms with Gasteiger partial charge in [0.2, 0.25) is 5.82 Å². The van der Waals surface area contributed by atoms with Crippen molar-refractivity contribution in [3.05, 3.63) is 39.4 Å². The summed E-state index contributed by atoms with van der Waals surface area (Å²) in [4.78, 5) is 21.6. The monoisotopic (exact) mass is 318 g/mol. The summed E-state index contributed by atoms with van der Waals surface area (Å²) in [5, 5.41) is 13.2. The highest BCUT2D eigenvalue weighted by Gasteiger charge is 2.30. The molecule has 5 nitrogen and oxygen atoms in total. The molecule has 1 aromatic rings. The van der Waals surface area contributed by atoms with Crippen LogP contribution in [0.2, 0.25) is 0 Å². The van der Waals surface area contributed by atoms with Gasteiger partial charge in [0.15, 0.2) is 0 Å². The van der Waals surface area contributed by atoms with E-state index in [4.69, 9.17) is 11.6 Å². The van der Waals surface area contributed by atoms with Crippen molar-refractivity contribution < 1.29 is 18.5 Å². The zero-order chi connectivity index (χ0) is 15.6. The van der Waals surface area contributed by atoms with Gasteiger partial charge in [-0.3, -0.25) is 14.9 Å². The van der Waals surface area contributed by atoms with E-state index in [1.165, 1.54) is 0 Å². The first-order valence-electron chi connectivity index (χ1n) is 6.44. The lowest BCUT2D eigenvalue weighted by Gasteiger charge is -2.19. The summed E-state index contributed by atoms with van der Waals surface area (Å²) >= 11 is 5.78. The molecule has 21 heavy (non-hydrogen) atoms. The van der Waals surface area contributed by atoms with Crippen molar-refractivity contribution in [1.29, 1.82) is 0 Å². The van der Waals surface area contributed by atoms with Gasteiger partial charge in [0.05, 0.1) is 16.6 Å². The predicted octanol–water partition coefficient (Wildman–Crippen LogP) is 3.01. The highest BCUT2D eigenvalue weighted by Crippen LogP contribution is 2.28. The first-order chi connectivity index (χ1) is 9.93. The minimum atomic E-state index is -1.33. The number of nitro benzene ring substituents is 1. The number of alkyl halides is 1. The molecule has 1 aliphatic rings. The summed E-state index contributed by atoms with van der Waals surface area (Å²) in [5.41, 5.74) is -1.72. The molecule has 1 N–H and O–H groups in total. The van der Waals surface area contributed by atoms with E-state index < -0.39 is 33.7 Å². The summed E-state index contributed by atoms with van der Waals surface area (Å²) in [7, 11) is 0. The van der Waals surface area contributed by atoms with Gasteiger partial charge in [-0.25, -0.2) is 4.39 Å². The summed E-state index contributed by atoms with van der Waals surface area (Å²) < 4.78 is 27.2. The van der Waals surface area contributed by atoms with Gasteiger partial charge in [-0.05, 0) is 24.8 Å². The third-order valence-corrected chi connectivity index (χ3v) is 4.03. The van der Waals surface area contributed by atoms with E-state index in [2.05, 4.69) is 5.32 Å². The van der Waals surface area contributed by atoms with Crippen LogP contribution < -0.4 is 5.32 Å². The van der Waals surface area contributed by atoms with Crippen LogP contribution in [0.4, 0.5) is 14.5 Å². The third-order valence-electron chi connectivity index (χ3n) is 3.63. The quantitative estimate of drug-likeness (QED) is 0.527. The largest absolute Gasteiger partial charge is 0.349 e. The van der Waals surface area contributed by atoms with Crippen LogP contribution in [0.3, 0.4) is 0 Å². The van der Waals surface area contributed by atoms with Gasteiger partial charge in [-0.1, -0.05) is 6.42 Å². The van der Waals surface area contributed by atoms with Gasteiger partial charge in [-0.15, -0.1) is 11.6 Å². The minimum Gasteiger partial charge on any atom is -0.349 e. The molecule has 1 amide bonds. The number of halogens is 3. The molecule has 2 rings (SSSR count). The second-order valence-electron chi connectivity index (χ2n) is 4.97. The van der Waals surface area contributed by atoms with E-state index in [-0.39, 0.29) is 12.0 Å². The molecule has 0 aliphatic heterocycles. The summed E-state index contributed by atoms with van der Waals surface area (Å²) in [5.74, 6) is -2.80. The average Bonchev–Trinajstić information content (AvgIpc) is 2.87. The molecule has 0 saturated heterocycles. The topological polar surface area (TPSA) is 72.2 Å². The van der Waals surface area contributed by atoms with E-state index in [0.717, 1.165) is 12.8 Å². The second-order valence-corrected chi connectivity index (χ2v) is 5.28. The Balaban J connectivity index is 2.25. The van der Waals surface area contributed by atoms with Gasteiger partial charge in [0.25, 0.3) is 5.91 Å². The number of nitro groups is 1. The molecule has 8 heteroatoms. The normalized spacial score (nSPS) is 21.3. The van der Waals surface area contributed by atoms with Crippen molar-refractivity contribution in [2.45, 2.75) is 25.3 Å². The Hall–Kier alpha value is -1.76. The molecule has 0 bridgehead atoms. The van der Waals surface area contributed by atoms with Crippen LogP contribution >= 0.6 is 11.6 Å². The Morgan fingerprint density at radius 2 is 2.14 bits per heavy atom. The Kier molecular flexibility index (Phi) is 4.72. The Labute approximate surface area is 124 Å². The molecule has 1 saturated carbocycles. The fourth-order valence-electron chi connectivity index (χ4n) is 2.53. The second kappa shape index (κ2) is 6.34. The van der Waals surface area contributed by atoms with E-state index in [1.54, 1.807) is 0 Å². The average molecular weight is 319 g/mol. The lowest BCUT2D eigenvalue weighted by atomic mass is 10.1. The van der Waals surface area contributed by atoms with E-state index in [9.17, 15) is 23.7 Å². The first kappa shape index (κ1) is 15.6. The van der Waals surface area contributed by atoms with E-state index in [0.29, 0.717) is 24.4 Å². The molecule has 0 radical (unpaired) electrons. The maximum Gasteiger partial charge on any atom is 0.308 e. The number of nitrogens with zero attached hydrogens (tertiary/aromatic N) is 1. The van der Waals surface area contributed by atoms with Gasteiger partial charge >= 0.3 is 5.69 Å². The molecule has 0 heterocycles. The number of benzene rings is 1. The number of nitrogens with one attached hydrogen (secondary N) is 1. The Morgan fingerprint density at radius 1 is 1.43 bits per heavy atom. The lowest BCUT2D eigenvalue weighted by molar-refractivity contribution is -0.387. The standard InChI is InChI=1S/C13H13ClF2N2O3/c14-6-7-2-1-3-10(7)17-13(19)9-4-8(15)5-11(12(9)16)18(20)21/h4-5,7,10H,1-3,6H2,(H,17,19). The molecular weight excluding hydrogens is 306 g/mol. The van der Waals surface area contributed by atoms with Crippen molar-refractivity contribution in [1.82, 2.24) is 5.32 Å². The highest BCUT2D eigenvalue weighted by molar-refractivity contribution is 6.18. The maximum absolute atomic E-state index is 13.9. The number of amides is 1. The van der Waals surface area contributed by atoms with Crippen LogP contribution in [-0.2, 0) is 0 Å². The Morgan fingerprint density at radius 3 is 2.76 bits per heavy atom. The Bertz CT molecular complexity index is 583. The van der Waals surface area contributed by atoms with Crippen LogP contribution in [0.5, 0.6) is 0 Å². The highest BCUT2D eigenvalue weighted by atomic mass is 35.5. The number of carbonyl (C=O) groups is 1. The van der Waals surface area contributed by atoms with Crippen LogP contribution in [0.15, 0.2) is 12.1 Å². The van der Waals surface area contributed by atoms with Gasteiger partial charge in [0.1, 0.15) is 5.82 Å².